The van der Waals surface area contributed by atoms with Crippen LogP contribution in [0, 0.1) is 12.3 Å². The van der Waals surface area contributed by atoms with E-state index in [2.05, 4.69) is 15.0 Å². The molecule has 2 aliphatic rings. The number of para-hydroxylation sites is 2. The molecule has 1 spiro atoms. The molecule has 1 N–H and O–H groups in total. The van der Waals surface area contributed by atoms with E-state index in [0.717, 1.165) is 41.3 Å². The summed E-state index contributed by atoms with van der Waals surface area (Å²) < 4.78 is 30.9. The van der Waals surface area contributed by atoms with E-state index >= 15 is 0 Å². The molecule has 7 nitrogen and oxygen atoms in total. The standard InChI is InChI=1S/C23H27N3O4S.Na.H/c1-16-19(13-31(27)21-25-17-5-3-4-6-18(17)26-21)24-11-7-20(16)28-12-10-22(2)29-14-23(8-9-23)15-30-22;;/h3-7,11H,8-10,12-15H2,1-2H3,(H,25,26);;/q;+1;-1. The van der Waals surface area contributed by atoms with Gasteiger partial charge in [0.15, 0.2) is 10.9 Å². The molecule has 1 aliphatic carbocycles. The van der Waals surface area contributed by atoms with Crippen LogP contribution in [0.5, 0.6) is 5.75 Å². The molecule has 2 fully saturated rings. The van der Waals surface area contributed by atoms with Crippen LogP contribution in [-0.2, 0) is 26.0 Å². The smallest absolute Gasteiger partial charge is 1.00 e. The summed E-state index contributed by atoms with van der Waals surface area (Å²) in [5, 5.41) is 0.460. The Morgan fingerprint density at radius 1 is 1.22 bits per heavy atom. The quantitative estimate of drug-likeness (QED) is 0.524. The van der Waals surface area contributed by atoms with Crippen LogP contribution in [0.2, 0.25) is 0 Å². The molecule has 1 aliphatic heterocycles. The van der Waals surface area contributed by atoms with Gasteiger partial charge >= 0.3 is 29.6 Å². The third-order valence-corrected chi connectivity index (χ3v) is 7.41. The van der Waals surface area contributed by atoms with Gasteiger partial charge in [0, 0.05) is 23.6 Å². The number of imidazole rings is 1. The number of aromatic nitrogens is 3. The van der Waals surface area contributed by atoms with Crippen molar-refractivity contribution in [1.29, 1.82) is 0 Å². The number of rotatable bonds is 7. The van der Waals surface area contributed by atoms with E-state index in [1.54, 1.807) is 6.20 Å². The maximum atomic E-state index is 12.9. The second kappa shape index (κ2) is 9.52. The first-order valence-corrected chi connectivity index (χ1v) is 12.0. The van der Waals surface area contributed by atoms with Crippen molar-refractivity contribution in [2.75, 3.05) is 19.8 Å². The molecule has 32 heavy (non-hydrogen) atoms. The fourth-order valence-electron chi connectivity index (χ4n) is 3.74. The number of H-pyrrole nitrogens is 1. The van der Waals surface area contributed by atoms with Crippen molar-refractivity contribution in [1.82, 2.24) is 15.0 Å². The molecule has 3 aromatic rings. The zero-order chi connectivity index (χ0) is 21.5. The van der Waals surface area contributed by atoms with Gasteiger partial charge in [-0.3, -0.25) is 9.19 Å². The van der Waals surface area contributed by atoms with Gasteiger partial charge < -0.3 is 20.6 Å². The van der Waals surface area contributed by atoms with Crippen LogP contribution in [0.15, 0.2) is 41.7 Å². The first-order chi connectivity index (χ1) is 15.0. The Morgan fingerprint density at radius 2 is 1.97 bits per heavy atom. The molecule has 166 valence electrons. The Hall–Kier alpha value is -1.29. The van der Waals surface area contributed by atoms with Crippen molar-refractivity contribution in [3.63, 3.8) is 0 Å². The Labute approximate surface area is 213 Å². The number of fused-ring (bicyclic) bond motifs is 1. The second-order valence-electron chi connectivity index (χ2n) is 8.74. The summed E-state index contributed by atoms with van der Waals surface area (Å²) in [6.07, 6.45) is 4.74. The van der Waals surface area contributed by atoms with Gasteiger partial charge in [0.05, 0.1) is 53.1 Å². The third-order valence-electron chi connectivity index (χ3n) is 6.25. The van der Waals surface area contributed by atoms with E-state index in [-0.39, 0.29) is 42.2 Å². The van der Waals surface area contributed by atoms with E-state index in [1.807, 2.05) is 44.2 Å². The van der Waals surface area contributed by atoms with Crippen LogP contribution in [0.3, 0.4) is 0 Å². The molecule has 1 aromatic carbocycles. The van der Waals surface area contributed by atoms with E-state index < -0.39 is 16.6 Å². The predicted octanol–water partition coefficient (Wildman–Crippen LogP) is 1.00. The minimum Gasteiger partial charge on any atom is -1.00 e. The average Bonchev–Trinajstić information content (AvgIpc) is 3.39. The number of hydrogen-bond acceptors (Lipinski definition) is 6. The molecule has 3 heterocycles. The maximum Gasteiger partial charge on any atom is 1.00 e. The Morgan fingerprint density at radius 3 is 2.69 bits per heavy atom. The number of pyridine rings is 1. The van der Waals surface area contributed by atoms with Crippen LogP contribution < -0.4 is 34.3 Å². The maximum absolute atomic E-state index is 12.9. The fourth-order valence-corrected chi connectivity index (χ4v) is 4.84. The molecule has 1 atom stereocenters. The summed E-state index contributed by atoms with van der Waals surface area (Å²) in [6.45, 7) is 5.94. The van der Waals surface area contributed by atoms with Gasteiger partial charge in [0.2, 0.25) is 0 Å². The number of nitrogens with zero attached hydrogens (tertiary/aromatic N) is 2. The van der Waals surface area contributed by atoms with Gasteiger partial charge in [-0.2, -0.15) is 0 Å². The van der Waals surface area contributed by atoms with Crippen LogP contribution in [0.1, 0.15) is 38.9 Å². The van der Waals surface area contributed by atoms with Crippen LogP contribution in [0.4, 0.5) is 0 Å². The summed E-state index contributed by atoms with van der Waals surface area (Å²) in [5.41, 5.74) is 3.59. The van der Waals surface area contributed by atoms with Gasteiger partial charge in [-0.1, -0.05) is 12.1 Å². The van der Waals surface area contributed by atoms with E-state index in [0.29, 0.717) is 18.2 Å². The Balaban J connectivity index is 0.00000153. The predicted molar refractivity (Wildman–Crippen MR) is 118 cm³/mol. The molecule has 9 heteroatoms. The molecule has 1 unspecified atom stereocenters. The third kappa shape index (κ3) is 5.11. The minimum atomic E-state index is -1.33. The number of nitrogens with one attached hydrogen (secondary N) is 1. The second-order valence-corrected chi connectivity index (χ2v) is 10.1. The number of benzene rings is 1. The Kier molecular flexibility index (Phi) is 7.10. The number of aromatic amines is 1. The van der Waals surface area contributed by atoms with Crippen molar-refractivity contribution in [3.8, 4) is 5.75 Å². The molecule has 1 saturated carbocycles. The fraction of sp³-hybridized carbons (Fsp3) is 0.478. The summed E-state index contributed by atoms with van der Waals surface area (Å²) >= 11 is 0. The molecular weight excluding hydrogens is 437 g/mol. The van der Waals surface area contributed by atoms with Crippen molar-refractivity contribution < 1.29 is 49.4 Å². The summed E-state index contributed by atoms with van der Waals surface area (Å²) in [5.74, 6) is 0.416. The molecule has 5 rings (SSSR count). The van der Waals surface area contributed by atoms with E-state index in [9.17, 15) is 4.21 Å². The molecular formula is C23H28N3NaO4S. The topological polar surface area (TPSA) is 86.3 Å². The van der Waals surface area contributed by atoms with Gasteiger partial charge in [-0.05, 0) is 44.9 Å². The largest absolute Gasteiger partial charge is 1.00 e. The van der Waals surface area contributed by atoms with Crippen molar-refractivity contribution >= 4 is 21.8 Å². The van der Waals surface area contributed by atoms with Gasteiger partial charge in [0.25, 0.3) is 0 Å². The zero-order valence-corrected chi connectivity index (χ0v) is 21.7. The molecule has 1 saturated heterocycles. The number of hydrogen-bond donors (Lipinski definition) is 1. The van der Waals surface area contributed by atoms with Crippen LogP contribution in [0.25, 0.3) is 11.0 Å². The molecule has 2 aromatic heterocycles. The van der Waals surface area contributed by atoms with Crippen LogP contribution in [-0.4, -0.2) is 44.8 Å². The van der Waals surface area contributed by atoms with Crippen molar-refractivity contribution in [2.45, 2.75) is 49.8 Å². The monoisotopic (exact) mass is 465 g/mol. The SMILES string of the molecule is Cc1c(OCCC2(C)OCC3(CC3)CO2)ccnc1CS(=O)c1nc2ccccc2[nH]1.[H-].[Na+]. The molecule has 0 amide bonds. The number of ether oxygens (including phenoxy) is 3. The summed E-state index contributed by atoms with van der Waals surface area (Å²) in [6, 6.07) is 9.50. The first kappa shape index (κ1) is 23.9. The summed E-state index contributed by atoms with van der Waals surface area (Å²) in [7, 11) is -1.33. The first-order valence-electron chi connectivity index (χ1n) is 10.6. The van der Waals surface area contributed by atoms with Gasteiger partial charge in [-0.25, -0.2) is 4.98 Å². The molecule has 0 bridgehead atoms. The summed E-state index contributed by atoms with van der Waals surface area (Å²) in [4.78, 5) is 12.0. The van der Waals surface area contributed by atoms with Gasteiger partial charge in [0.1, 0.15) is 5.75 Å². The van der Waals surface area contributed by atoms with Crippen LogP contribution >= 0.6 is 0 Å². The van der Waals surface area contributed by atoms with Crippen molar-refractivity contribution in [2.24, 2.45) is 5.41 Å². The normalized spacial score (nSPS) is 19.4. The Bertz CT molecular complexity index is 1090. The van der Waals surface area contributed by atoms with Gasteiger partial charge in [-0.15, -0.1) is 0 Å². The van der Waals surface area contributed by atoms with E-state index in [4.69, 9.17) is 14.2 Å². The zero-order valence-electron chi connectivity index (χ0n) is 19.8. The van der Waals surface area contributed by atoms with Crippen molar-refractivity contribution in [3.05, 3.63) is 47.8 Å². The average molecular weight is 466 g/mol. The molecule has 0 radical (unpaired) electrons. The van der Waals surface area contributed by atoms with E-state index in [1.165, 1.54) is 12.8 Å². The minimum absolute atomic E-state index is 0.